The van der Waals surface area contributed by atoms with Gasteiger partial charge < -0.3 is 10.1 Å². The summed E-state index contributed by atoms with van der Waals surface area (Å²) in [7, 11) is 1.54. The number of amides is 1. The molecule has 128 valence electrons. The number of para-hydroxylation sites is 3. The number of methoxy groups -OCH3 is 1. The number of anilines is 1. The molecule has 2 aromatic rings. The Hall–Kier alpha value is -3.26. The van der Waals surface area contributed by atoms with Crippen molar-refractivity contribution in [2.45, 2.75) is 0 Å². The third-order valence-electron chi connectivity index (χ3n) is 3.14. The summed E-state index contributed by atoms with van der Waals surface area (Å²) in [5, 5.41) is 16.0. The Morgan fingerprint density at radius 1 is 1.20 bits per heavy atom. The van der Waals surface area contributed by atoms with Crippen LogP contribution in [0.5, 0.6) is 5.75 Å². The number of ether oxygens (including phenoxy) is 1. The number of hydrogen-bond acceptors (Lipinski definition) is 5. The van der Waals surface area contributed by atoms with Crippen molar-refractivity contribution < 1.29 is 14.5 Å². The SMILES string of the molecule is COc1ccccc1C=CC(=O)NC(=S)Nc1ccccc1[N+](=O)[O-]. The number of nitrogens with zero attached hydrogens (tertiary/aromatic N) is 1. The van der Waals surface area contributed by atoms with Gasteiger partial charge in [-0.15, -0.1) is 0 Å². The van der Waals surface area contributed by atoms with Crippen molar-refractivity contribution in [3.8, 4) is 5.75 Å². The van der Waals surface area contributed by atoms with Gasteiger partial charge in [0.15, 0.2) is 5.11 Å². The Labute approximate surface area is 149 Å². The van der Waals surface area contributed by atoms with E-state index in [1.165, 1.54) is 18.2 Å². The van der Waals surface area contributed by atoms with Gasteiger partial charge in [0, 0.05) is 17.7 Å². The van der Waals surface area contributed by atoms with Gasteiger partial charge >= 0.3 is 0 Å². The molecule has 0 aliphatic heterocycles. The van der Waals surface area contributed by atoms with Gasteiger partial charge in [0.1, 0.15) is 11.4 Å². The minimum Gasteiger partial charge on any atom is -0.496 e. The number of benzene rings is 2. The van der Waals surface area contributed by atoms with Gasteiger partial charge in [-0.3, -0.25) is 20.2 Å². The molecule has 25 heavy (non-hydrogen) atoms. The second-order valence-corrected chi connectivity index (χ2v) is 5.20. The van der Waals surface area contributed by atoms with E-state index in [9.17, 15) is 14.9 Å². The molecule has 0 radical (unpaired) electrons. The zero-order valence-electron chi connectivity index (χ0n) is 13.3. The lowest BCUT2D eigenvalue weighted by Crippen LogP contribution is -2.33. The van der Waals surface area contributed by atoms with E-state index in [0.717, 1.165) is 5.56 Å². The summed E-state index contributed by atoms with van der Waals surface area (Å²) in [6, 6.07) is 13.2. The van der Waals surface area contributed by atoms with Crippen LogP contribution in [0, 0.1) is 10.1 Å². The zero-order valence-corrected chi connectivity index (χ0v) is 14.1. The molecule has 2 rings (SSSR count). The molecule has 0 aliphatic rings. The highest BCUT2D eigenvalue weighted by molar-refractivity contribution is 7.80. The maximum Gasteiger partial charge on any atom is 0.292 e. The first-order chi connectivity index (χ1) is 12.0. The molecule has 0 spiro atoms. The van der Waals surface area contributed by atoms with E-state index in [4.69, 9.17) is 17.0 Å². The summed E-state index contributed by atoms with van der Waals surface area (Å²) in [6.45, 7) is 0. The number of thiocarbonyl (C=S) groups is 1. The van der Waals surface area contributed by atoms with Crippen molar-refractivity contribution in [3.63, 3.8) is 0 Å². The van der Waals surface area contributed by atoms with E-state index >= 15 is 0 Å². The smallest absolute Gasteiger partial charge is 0.292 e. The number of carbonyl (C=O) groups excluding carboxylic acids is 1. The lowest BCUT2D eigenvalue weighted by Gasteiger charge is -2.08. The predicted octanol–water partition coefficient (Wildman–Crippen LogP) is 3.13. The van der Waals surface area contributed by atoms with Crippen LogP contribution in [0.2, 0.25) is 0 Å². The van der Waals surface area contributed by atoms with Gasteiger partial charge in [-0.2, -0.15) is 0 Å². The standard InChI is InChI=1S/C17H15N3O4S/c1-24-15-9-5-2-6-12(15)10-11-16(21)19-17(25)18-13-7-3-4-8-14(13)20(22)23/h2-11H,1H3,(H2,18,19,21,25). The van der Waals surface area contributed by atoms with Crippen LogP contribution in [0.1, 0.15) is 5.56 Å². The molecule has 0 aliphatic carbocycles. The van der Waals surface area contributed by atoms with Crippen LogP contribution in [0.4, 0.5) is 11.4 Å². The van der Waals surface area contributed by atoms with Crippen LogP contribution in [0.25, 0.3) is 6.08 Å². The molecule has 0 bridgehead atoms. The van der Waals surface area contributed by atoms with E-state index in [-0.39, 0.29) is 16.5 Å². The molecule has 0 unspecified atom stereocenters. The third kappa shape index (κ3) is 5.11. The van der Waals surface area contributed by atoms with Crippen LogP contribution < -0.4 is 15.4 Å². The largest absolute Gasteiger partial charge is 0.496 e. The highest BCUT2D eigenvalue weighted by atomic mass is 32.1. The van der Waals surface area contributed by atoms with Gasteiger partial charge in [-0.1, -0.05) is 30.3 Å². The highest BCUT2D eigenvalue weighted by Crippen LogP contribution is 2.23. The minimum atomic E-state index is -0.533. The topological polar surface area (TPSA) is 93.5 Å². The normalized spacial score (nSPS) is 10.3. The molecule has 0 saturated carbocycles. The molecule has 8 heteroatoms. The third-order valence-corrected chi connectivity index (χ3v) is 3.34. The molecule has 2 aromatic carbocycles. The summed E-state index contributed by atoms with van der Waals surface area (Å²) in [6.07, 6.45) is 2.88. The second kappa shape index (κ2) is 8.55. The van der Waals surface area contributed by atoms with Crippen molar-refractivity contribution in [2.75, 3.05) is 12.4 Å². The summed E-state index contributed by atoms with van der Waals surface area (Å²) < 4.78 is 5.19. The highest BCUT2D eigenvalue weighted by Gasteiger charge is 2.13. The van der Waals surface area contributed by atoms with Crippen molar-refractivity contribution in [1.82, 2.24) is 5.32 Å². The first-order valence-electron chi connectivity index (χ1n) is 7.17. The first kappa shape index (κ1) is 18.1. The predicted molar refractivity (Wildman–Crippen MR) is 99.5 cm³/mol. The van der Waals surface area contributed by atoms with Crippen molar-refractivity contribution in [1.29, 1.82) is 0 Å². The van der Waals surface area contributed by atoms with Gasteiger partial charge in [0.25, 0.3) is 5.69 Å². The monoisotopic (exact) mass is 357 g/mol. The van der Waals surface area contributed by atoms with Crippen LogP contribution in [0.3, 0.4) is 0 Å². The quantitative estimate of drug-likeness (QED) is 0.370. The molecule has 0 atom stereocenters. The lowest BCUT2D eigenvalue weighted by atomic mass is 10.2. The number of nitro groups is 1. The average molecular weight is 357 g/mol. The van der Waals surface area contributed by atoms with E-state index in [1.807, 2.05) is 12.1 Å². The van der Waals surface area contributed by atoms with Crippen LogP contribution in [-0.4, -0.2) is 23.1 Å². The van der Waals surface area contributed by atoms with Crippen LogP contribution in [-0.2, 0) is 4.79 Å². The Balaban J connectivity index is 2.00. The first-order valence-corrected chi connectivity index (χ1v) is 7.58. The van der Waals surface area contributed by atoms with Gasteiger partial charge in [-0.05, 0) is 30.4 Å². The maximum absolute atomic E-state index is 11.9. The van der Waals surface area contributed by atoms with Gasteiger partial charge in [0.2, 0.25) is 5.91 Å². The minimum absolute atomic E-state index is 0.0380. The van der Waals surface area contributed by atoms with E-state index in [2.05, 4.69) is 10.6 Å². The number of carbonyl (C=O) groups is 1. The number of hydrogen-bond donors (Lipinski definition) is 2. The van der Waals surface area contributed by atoms with Crippen LogP contribution in [0.15, 0.2) is 54.6 Å². The van der Waals surface area contributed by atoms with Crippen LogP contribution >= 0.6 is 12.2 Å². The lowest BCUT2D eigenvalue weighted by molar-refractivity contribution is -0.383. The molecule has 0 aromatic heterocycles. The Kier molecular flexibility index (Phi) is 6.19. The molecule has 1 amide bonds. The summed E-state index contributed by atoms with van der Waals surface area (Å²) in [5.41, 5.74) is 0.799. The fourth-order valence-corrected chi connectivity index (χ4v) is 2.23. The Morgan fingerprint density at radius 2 is 1.88 bits per heavy atom. The number of nitrogens with one attached hydrogen (secondary N) is 2. The van der Waals surface area contributed by atoms with E-state index < -0.39 is 10.8 Å². The molecule has 2 N–H and O–H groups in total. The molecular weight excluding hydrogens is 342 g/mol. The molecule has 7 nitrogen and oxygen atoms in total. The van der Waals surface area contributed by atoms with Gasteiger partial charge in [-0.25, -0.2) is 0 Å². The van der Waals surface area contributed by atoms with E-state index in [1.54, 1.807) is 37.5 Å². The Morgan fingerprint density at radius 3 is 2.60 bits per heavy atom. The molecular formula is C17H15N3O4S. The zero-order chi connectivity index (χ0) is 18.2. The maximum atomic E-state index is 11.9. The van der Waals surface area contributed by atoms with Crippen molar-refractivity contribution in [2.24, 2.45) is 0 Å². The fraction of sp³-hybridized carbons (Fsp3) is 0.0588. The molecule has 0 saturated heterocycles. The summed E-state index contributed by atoms with van der Waals surface area (Å²) in [5.74, 6) is 0.161. The van der Waals surface area contributed by atoms with E-state index in [0.29, 0.717) is 5.75 Å². The fourth-order valence-electron chi connectivity index (χ4n) is 2.02. The molecule has 0 fully saturated rings. The second-order valence-electron chi connectivity index (χ2n) is 4.79. The summed E-state index contributed by atoms with van der Waals surface area (Å²) in [4.78, 5) is 22.4. The number of nitro benzene ring substituents is 1. The van der Waals surface area contributed by atoms with Crippen molar-refractivity contribution >= 4 is 40.7 Å². The van der Waals surface area contributed by atoms with Gasteiger partial charge in [0.05, 0.1) is 12.0 Å². The van der Waals surface area contributed by atoms with Crippen molar-refractivity contribution in [3.05, 3.63) is 70.3 Å². The summed E-state index contributed by atoms with van der Waals surface area (Å²) >= 11 is 5.01. The average Bonchev–Trinajstić information content (AvgIpc) is 2.60. The Bertz CT molecular complexity index is 836. The molecule has 0 heterocycles. The number of rotatable bonds is 5.